The average molecular weight is 286 g/mol. The van der Waals surface area contributed by atoms with E-state index in [4.69, 9.17) is 0 Å². The Kier molecular flexibility index (Phi) is 4.04. The molecule has 0 aliphatic carbocycles. The van der Waals surface area contributed by atoms with Crippen LogP contribution in [0.5, 0.6) is 0 Å². The summed E-state index contributed by atoms with van der Waals surface area (Å²) >= 11 is 0. The van der Waals surface area contributed by atoms with Crippen LogP contribution >= 0.6 is 0 Å². The average Bonchev–Trinajstić information content (AvgIpc) is 2.75. The van der Waals surface area contributed by atoms with Crippen LogP contribution in [0, 0.1) is 0 Å². The number of para-hydroxylation sites is 1. The summed E-state index contributed by atoms with van der Waals surface area (Å²) in [5.74, 6) is 0. The standard InChI is InChI=1S/C14H17F3N2O/c1-2-3-7-11-10-13(20,14(15,16)17)19(18-11)12-8-5-4-6-9-12/h4-6,8-9,20H,2-3,7,10H2,1H3. The van der Waals surface area contributed by atoms with Crippen molar-refractivity contribution in [2.45, 2.75) is 44.5 Å². The topological polar surface area (TPSA) is 35.8 Å². The summed E-state index contributed by atoms with van der Waals surface area (Å²) < 4.78 is 39.6. The SMILES string of the molecule is CCCCC1=NN(c2ccccc2)C(O)(C(F)(F)F)C1. The predicted molar refractivity (Wildman–Crippen MR) is 71.5 cm³/mol. The van der Waals surface area contributed by atoms with Crippen molar-refractivity contribution in [2.24, 2.45) is 5.10 Å². The number of benzene rings is 1. The van der Waals surface area contributed by atoms with Crippen LogP contribution in [0.3, 0.4) is 0 Å². The van der Waals surface area contributed by atoms with Crippen molar-refractivity contribution in [3.63, 3.8) is 0 Å². The monoisotopic (exact) mass is 286 g/mol. The number of anilines is 1. The Morgan fingerprint density at radius 3 is 2.50 bits per heavy atom. The Balaban J connectivity index is 2.34. The molecule has 1 atom stereocenters. The first kappa shape index (κ1) is 14.8. The Bertz CT molecular complexity index is 487. The lowest BCUT2D eigenvalue weighted by molar-refractivity contribution is -0.254. The van der Waals surface area contributed by atoms with Crippen molar-refractivity contribution in [1.29, 1.82) is 0 Å². The Hall–Kier alpha value is -1.56. The molecule has 3 nitrogen and oxygen atoms in total. The molecular weight excluding hydrogens is 269 g/mol. The number of nitrogens with zero attached hydrogens (tertiary/aromatic N) is 2. The number of unbranched alkanes of at least 4 members (excludes halogenated alkanes) is 1. The smallest absolute Gasteiger partial charge is 0.362 e. The van der Waals surface area contributed by atoms with Crippen molar-refractivity contribution in [3.05, 3.63) is 30.3 Å². The fourth-order valence-electron chi connectivity index (χ4n) is 2.20. The van der Waals surface area contributed by atoms with E-state index in [-0.39, 0.29) is 5.69 Å². The van der Waals surface area contributed by atoms with Gasteiger partial charge in [0.25, 0.3) is 5.72 Å². The van der Waals surface area contributed by atoms with E-state index in [1.54, 1.807) is 18.2 Å². The van der Waals surface area contributed by atoms with Gasteiger partial charge in [0.2, 0.25) is 0 Å². The van der Waals surface area contributed by atoms with E-state index in [0.717, 1.165) is 12.8 Å². The fourth-order valence-corrected chi connectivity index (χ4v) is 2.20. The molecule has 0 amide bonds. The zero-order valence-electron chi connectivity index (χ0n) is 11.2. The molecule has 0 saturated carbocycles. The molecule has 0 bridgehead atoms. The molecule has 1 aromatic rings. The summed E-state index contributed by atoms with van der Waals surface area (Å²) in [5.41, 5.74) is -2.33. The van der Waals surface area contributed by atoms with E-state index in [1.807, 2.05) is 6.92 Å². The maximum Gasteiger partial charge on any atom is 0.438 e. The minimum absolute atomic E-state index is 0.235. The van der Waals surface area contributed by atoms with Crippen molar-refractivity contribution >= 4 is 11.4 Å². The van der Waals surface area contributed by atoms with Gasteiger partial charge in [-0.2, -0.15) is 18.3 Å². The molecule has 0 spiro atoms. The van der Waals surface area contributed by atoms with Gasteiger partial charge in [-0.05, 0) is 25.0 Å². The van der Waals surface area contributed by atoms with E-state index >= 15 is 0 Å². The molecule has 0 aromatic heterocycles. The number of hydrogen-bond acceptors (Lipinski definition) is 3. The molecule has 1 unspecified atom stereocenters. The van der Waals surface area contributed by atoms with Crippen LogP contribution in [0.2, 0.25) is 0 Å². The summed E-state index contributed by atoms with van der Waals surface area (Å²) in [4.78, 5) is 0. The third kappa shape index (κ3) is 2.65. The second-order valence-corrected chi connectivity index (χ2v) is 4.91. The Morgan fingerprint density at radius 1 is 1.30 bits per heavy atom. The summed E-state index contributed by atoms with van der Waals surface area (Å²) in [6.07, 6.45) is -3.16. The molecule has 0 fully saturated rings. The summed E-state index contributed by atoms with van der Waals surface area (Å²) in [6.45, 7) is 1.96. The van der Waals surface area contributed by atoms with Crippen LogP contribution in [-0.4, -0.2) is 22.7 Å². The normalized spacial score (nSPS) is 23.1. The predicted octanol–water partition coefficient (Wildman–Crippen LogP) is 3.69. The summed E-state index contributed by atoms with van der Waals surface area (Å²) in [5, 5.41) is 14.8. The first-order chi connectivity index (χ1) is 9.38. The van der Waals surface area contributed by atoms with E-state index in [2.05, 4.69) is 5.10 Å². The molecule has 1 N–H and O–H groups in total. The lowest BCUT2D eigenvalue weighted by atomic mass is 10.0. The summed E-state index contributed by atoms with van der Waals surface area (Å²) in [7, 11) is 0. The number of halogens is 3. The first-order valence-electron chi connectivity index (χ1n) is 6.59. The van der Waals surface area contributed by atoms with Crippen molar-refractivity contribution in [1.82, 2.24) is 0 Å². The van der Waals surface area contributed by atoms with Crippen LogP contribution in [0.4, 0.5) is 18.9 Å². The molecule has 110 valence electrons. The molecule has 1 heterocycles. The second kappa shape index (κ2) is 5.44. The summed E-state index contributed by atoms with van der Waals surface area (Å²) in [6, 6.07) is 7.94. The molecule has 1 aliphatic heterocycles. The zero-order valence-corrected chi connectivity index (χ0v) is 11.2. The molecular formula is C14H17F3N2O. The fraction of sp³-hybridized carbons (Fsp3) is 0.500. The van der Waals surface area contributed by atoms with Crippen LogP contribution in [0.1, 0.15) is 32.6 Å². The highest BCUT2D eigenvalue weighted by Crippen LogP contribution is 2.43. The highest BCUT2D eigenvalue weighted by Gasteiger charge is 2.61. The zero-order chi connectivity index (χ0) is 14.8. The van der Waals surface area contributed by atoms with E-state index < -0.39 is 18.3 Å². The maximum atomic E-state index is 13.2. The third-order valence-electron chi connectivity index (χ3n) is 3.32. The highest BCUT2D eigenvalue weighted by molar-refractivity contribution is 5.89. The van der Waals surface area contributed by atoms with E-state index in [9.17, 15) is 18.3 Å². The van der Waals surface area contributed by atoms with Gasteiger partial charge in [0.1, 0.15) is 0 Å². The molecule has 0 radical (unpaired) electrons. The Morgan fingerprint density at radius 2 is 1.95 bits per heavy atom. The largest absolute Gasteiger partial charge is 0.438 e. The van der Waals surface area contributed by atoms with Gasteiger partial charge in [-0.3, -0.25) is 0 Å². The molecule has 6 heteroatoms. The molecule has 2 rings (SSSR count). The van der Waals surface area contributed by atoms with E-state index in [0.29, 0.717) is 17.1 Å². The minimum atomic E-state index is -4.76. The van der Waals surface area contributed by atoms with Crippen molar-refractivity contribution in [2.75, 3.05) is 5.01 Å². The van der Waals surface area contributed by atoms with Crippen LogP contribution in [0.15, 0.2) is 35.4 Å². The maximum absolute atomic E-state index is 13.2. The Labute approximate surface area is 115 Å². The van der Waals surface area contributed by atoms with Crippen molar-refractivity contribution < 1.29 is 18.3 Å². The second-order valence-electron chi connectivity index (χ2n) is 4.91. The van der Waals surface area contributed by atoms with Gasteiger partial charge in [-0.15, -0.1) is 0 Å². The molecule has 1 aliphatic rings. The van der Waals surface area contributed by atoms with Gasteiger partial charge < -0.3 is 5.11 Å². The van der Waals surface area contributed by atoms with Gasteiger partial charge in [0, 0.05) is 12.1 Å². The van der Waals surface area contributed by atoms with Crippen LogP contribution in [-0.2, 0) is 0 Å². The number of aliphatic hydroxyl groups is 1. The van der Waals surface area contributed by atoms with Gasteiger partial charge in [-0.25, -0.2) is 5.01 Å². The number of alkyl halides is 3. The molecule has 1 aromatic carbocycles. The third-order valence-corrected chi connectivity index (χ3v) is 3.32. The molecule has 0 saturated heterocycles. The highest BCUT2D eigenvalue weighted by atomic mass is 19.4. The van der Waals surface area contributed by atoms with Gasteiger partial charge in [0.15, 0.2) is 0 Å². The first-order valence-corrected chi connectivity index (χ1v) is 6.59. The number of rotatable bonds is 4. The van der Waals surface area contributed by atoms with Crippen LogP contribution < -0.4 is 5.01 Å². The lowest BCUT2D eigenvalue weighted by Crippen LogP contribution is -2.55. The number of hydrazone groups is 1. The van der Waals surface area contributed by atoms with Crippen LogP contribution in [0.25, 0.3) is 0 Å². The minimum Gasteiger partial charge on any atom is -0.362 e. The quantitative estimate of drug-likeness (QED) is 0.916. The van der Waals surface area contributed by atoms with Gasteiger partial charge in [0.05, 0.1) is 5.69 Å². The van der Waals surface area contributed by atoms with Gasteiger partial charge in [-0.1, -0.05) is 31.5 Å². The molecule has 20 heavy (non-hydrogen) atoms. The van der Waals surface area contributed by atoms with E-state index in [1.165, 1.54) is 12.1 Å². The number of hydrogen-bond donors (Lipinski definition) is 1. The lowest BCUT2D eigenvalue weighted by Gasteiger charge is -2.34. The van der Waals surface area contributed by atoms with Crippen molar-refractivity contribution in [3.8, 4) is 0 Å². The van der Waals surface area contributed by atoms with Gasteiger partial charge >= 0.3 is 6.18 Å².